The van der Waals surface area contributed by atoms with Crippen LogP contribution < -0.4 is 21.1 Å². The fourth-order valence-electron chi connectivity index (χ4n) is 7.38. The van der Waals surface area contributed by atoms with E-state index >= 15 is 0 Å². The molecule has 2 aliphatic heterocycles. The van der Waals surface area contributed by atoms with Gasteiger partial charge in [0.1, 0.15) is 11.8 Å². The van der Waals surface area contributed by atoms with Crippen molar-refractivity contribution in [3.05, 3.63) is 77.4 Å². The number of aliphatic hydroxyl groups excluding tert-OH is 1. The smallest absolute Gasteiger partial charge is 0.243 e. The lowest BCUT2D eigenvalue weighted by molar-refractivity contribution is -0.147. The zero-order valence-corrected chi connectivity index (χ0v) is 27.1. The Morgan fingerprint density at radius 3 is 2.67 bits per heavy atom. The third kappa shape index (κ3) is 7.14. The molecule has 3 amide bonds. The molecule has 2 aromatic carbocycles. The van der Waals surface area contributed by atoms with Crippen LogP contribution in [0.3, 0.4) is 0 Å². The quantitative estimate of drug-likeness (QED) is 0.327. The highest BCUT2D eigenvalue weighted by atomic mass is 16.5. The van der Waals surface area contributed by atoms with Crippen molar-refractivity contribution in [2.75, 3.05) is 26.8 Å². The molecule has 0 aromatic heterocycles. The first-order valence-corrected chi connectivity index (χ1v) is 16.5. The van der Waals surface area contributed by atoms with E-state index in [4.69, 9.17) is 15.2 Å². The molecule has 5 N–H and O–H groups in total. The van der Waals surface area contributed by atoms with E-state index in [1.165, 1.54) is 0 Å². The standard InChI is InChI=1S/C36H48N4O6/c1-4-23(2)36(21-33(37)42)15-16-40(35(36)44)30-12-8-9-17-46-32-20-28(27-19-25(45-3)13-14-26(27)32)38-22-31(41)29(39-34(30)43)18-24-10-6-5-7-11-24/h5-11,13-14,19,23,28-32,38,41H,4,12,15-18,20-22H2,1-3H3,(H2,37,42)(H,39,43)/b9-8-/t23?,28-,29-,30-,31+,32+,36-/m0/s1. The van der Waals surface area contributed by atoms with Gasteiger partial charge in [0.05, 0.1) is 37.4 Å². The largest absolute Gasteiger partial charge is 0.497 e. The highest BCUT2D eigenvalue weighted by Gasteiger charge is 2.53. The molecule has 0 spiro atoms. The monoisotopic (exact) mass is 632 g/mol. The molecule has 2 bridgehead atoms. The Morgan fingerprint density at radius 2 is 1.96 bits per heavy atom. The molecule has 1 aliphatic carbocycles. The van der Waals surface area contributed by atoms with Crippen molar-refractivity contribution < 1.29 is 29.0 Å². The summed E-state index contributed by atoms with van der Waals surface area (Å²) < 4.78 is 11.8. The number of benzene rings is 2. The van der Waals surface area contributed by atoms with E-state index in [1.54, 1.807) is 12.0 Å². The topological polar surface area (TPSA) is 143 Å². The molecule has 1 fully saturated rings. The number of hydrogen-bond acceptors (Lipinski definition) is 7. The van der Waals surface area contributed by atoms with Gasteiger partial charge in [0.2, 0.25) is 17.7 Å². The number of fused-ring (bicyclic) bond motifs is 5. The Morgan fingerprint density at radius 1 is 1.17 bits per heavy atom. The maximum Gasteiger partial charge on any atom is 0.243 e. The molecule has 0 saturated carbocycles. The van der Waals surface area contributed by atoms with Gasteiger partial charge in [-0.25, -0.2) is 0 Å². The van der Waals surface area contributed by atoms with Crippen molar-refractivity contribution in [3.8, 4) is 5.75 Å². The van der Waals surface area contributed by atoms with Crippen LogP contribution in [0, 0.1) is 11.3 Å². The minimum Gasteiger partial charge on any atom is -0.497 e. The zero-order chi connectivity index (χ0) is 32.8. The molecule has 10 nitrogen and oxygen atoms in total. The number of nitrogens with two attached hydrogens (primary N) is 1. The van der Waals surface area contributed by atoms with E-state index in [2.05, 4.69) is 10.6 Å². The van der Waals surface area contributed by atoms with E-state index in [9.17, 15) is 19.5 Å². The summed E-state index contributed by atoms with van der Waals surface area (Å²) in [6.07, 6.45) is 5.18. The molecule has 46 heavy (non-hydrogen) atoms. The first-order valence-electron chi connectivity index (χ1n) is 16.5. The van der Waals surface area contributed by atoms with E-state index in [1.807, 2.05) is 74.5 Å². The molecule has 5 rings (SSSR count). The summed E-state index contributed by atoms with van der Waals surface area (Å²) in [5, 5.41) is 18.3. The number of primary amides is 1. The number of nitrogens with one attached hydrogen (secondary N) is 2. The third-order valence-corrected chi connectivity index (χ3v) is 10.3. The van der Waals surface area contributed by atoms with Gasteiger partial charge >= 0.3 is 0 Å². The zero-order valence-electron chi connectivity index (χ0n) is 27.1. The van der Waals surface area contributed by atoms with Crippen LogP contribution in [0.4, 0.5) is 0 Å². The predicted molar refractivity (Wildman–Crippen MR) is 175 cm³/mol. The van der Waals surface area contributed by atoms with Crippen LogP contribution in [-0.4, -0.2) is 72.7 Å². The second kappa shape index (κ2) is 14.8. The van der Waals surface area contributed by atoms with Crippen LogP contribution in [0.2, 0.25) is 0 Å². The number of carbonyl (C=O) groups excluding carboxylic acids is 3. The number of aliphatic hydroxyl groups is 1. The van der Waals surface area contributed by atoms with Gasteiger partial charge in [0, 0.05) is 25.6 Å². The number of amides is 3. The van der Waals surface area contributed by atoms with Gasteiger partial charge in [-0.15, -0.1) is 0 Å². The first kappa shape index (κ1) is 33.6. The Bertz CT molecular complexity index is 1420. The number of ether oxygens (including phenoxy) is 2. The summed E-state index contributed by atoms with van der Waals surface area (Å²) in [4.78, 5) is 42.0. The number of β-amino-alcohol motifs (C(OH)–C–C–N with tert-alkyl or cyclic N) is 1. The van der Waals surface area contributed by atoms with Crippen LogP contribution >= 0.6 is 0 Å². The van der Waals surface area contributed by atoms with Crippen LogP contribution in [-0.2, 0) is 25.5 Å². The SMILES string of the molecule is CCC(C)[C@@]1(CC(N)=O)CCN([C@H]2C/C=C\CO[C@@H]3C[C@H](NC[C@@H](O)[C@H](Cc4ccccc4)NC2=O)c2cc(OC)ccc23)C1=O. The fourth-order valence-corrected chi connectivity index (χ4v) is 7.38. The number of rotatable bonds is 8. The molecule has 2 heterocycles. The van der Waals surface area contributed by atoms with E-state index in [-0.39, 0.29) is 49.3 Å². The highest BCUT2D eigenvalue weighted by molar-refractivity contribution is 5.94. The lowest BCUT2D eigenvalue weighted by Crippen LogP contribution is -2.56. The molecule has 7 atom stereocenters. The Hall–Kier alpha value is -3.73. The molecule has 3 aliphatic rings. The van der Waals surface area contributed by atoms with Crippen molar-refractivity contribution in [1.29, 1.82) is 0 Å². The molecule has 0 radical (unpaired) electrons. The lowest BCUT2D eigenvalue weighted by Gasteiger charge is -2.35. The lowest BCUT2D eigenvalue weighted by atomic mass is 9.71. The predicted octanol–water partition coefficient (Wildman–Crippen LogP) is 3.34. The number of hydrogen-bond donors (Lipinski definition) is 4. The maximum atomic E-state index is 14.2. The minimum atomic E-state index is -0.938. The van der Waals surface area contributed by atoms with Gasteiger partial charge in [-0.3, -0.25) is 14.4 Å². The molecule has 248 valence electrons. The fraction of sp³-hybridized carbons (Fsp3) is 0.528. The Balaban J connectivity index is 1.46. The molecule has 1 unspecified atom stereocenters. The first-order chi connectivity index (χ1) is 22.2. The summed E-state index contributed by atoms with van der Waals surface area (Å²) >= 11 is 0. The molecule has 1 saturated heterocycles. The summed E-state index contributed by atoms with van der Waals surface area (Å²) in [6.45, 7) is 4.87. The second-order valence-electron chi connectivity index (χ2n) is 13.0. The highest BCUT2D eigenvalue weighted by Crippen LogP contribution is 2.45. The number of carbonyl (C=O) groups is 3. The summed E-state index contributed by atoms with van der Waals surface area (Å²) in [6, 6.07) is 14.2. The molecule has 10 heteroatoms. The molecular formula is C36H48N4O6. The van der Waals surface area contributed by atoms with Gasteiger partial charge in [-0.05, 0) is 60.4 Å². The van der Waals surface area contributed by atoms with Crippen LogP contribution in [0.1, 0.15) is 74.8 Å². The summed E-state index contributed by atoms with van der Waals surface area (Å²) in [5.41, 5.74) is 7.83. The van der Waals surface area contributed by atoms with E-state index < -0.39 is 29.5 Å². The Kier molecular flexibility index (Phi) is 10.8. The van der Waals surface area contributed by atoms with Crippen molar-refractivity contribution in [3.63, 3.8) is 0 Å². The van der Waals surface area contributed by atoms with Gasteiger partial charge in [0.25, 0.3) is 0 Å². The van der Waals surface area contributed by atoms with Gasteiger partial charge < -0.3 is 35.8 Å². The molecular weight excluding hydrogens is 584 g/mol. The van der Waals surface area contributed by atoms with E-state index in [0.717, 1.165) is 22.4 Å². The minimum absolute atomic E-state index is 0.0493. The average Bonchev–Trinajstić information content (AvgIpc) is 3.56. The van der Waals surface area contributed by atoms with Crippen LogP contribution in [0.15, 0.2) is 60.7 Å². The van der Waals surface area contributed by atoms with Gasteiger partial charge in [-0.1, -0.05) is 68.8 Å². The molecule has 2 aromatic rings. The summed E-state index contributed by atoms with van der Waals surface area (Å²) in [7, 11) is 1.64. The normalized spacial score (nSPS) is 30.1. The second-order valence-corrected chi connectivity index (χ2v) is 13.0. The maximum absolute atomic E-state index is 14.2. The van der Waals surface area contributed by atoms with Crippen molar-refractivity contribution >= 4 is 17.7 Å². The van der Waals surface area contributed by atoms with E-state index in [0.29, 0.717) is 38.8 Å². The number of likely N-dealkylation sites (tertiary alicyclic amines) is 1. The third-order valence-electron chi connectivity index (χ3n) is 10.3. The van der Waals surface area contributed by atoms with Crippen LogP contribution in [0.5, 0.6) is 5.75 Å². The van der Waals surface area contributed by atoms with Gasteiger partial charge in [-0.2, -0.15) is 0 Å². The van der Waals surface area contributed by atoms with Crippen molar-refractivity contribution in [1.82, 2.24) is 15.5 Å². The average molecular weight is 633 g/mol. The van der Waals surface area contributed by atoms with Crippen molar-refractivity contribution in [2.45, 2.75) is 82.7 Å². The Labute approximate surface area is 271 Å². The number of methoxy groups -OCH3 is 1. The van der Waals surface area contributed by atoms with Gasteiger partial charge in [0.15, 0.2) is 0 Å². The van der Waals surface area contributed by atoms with Crippen LogP contribution in [0.25, 0.3) is 0 Å². The summed E-state index contributed by atoms with van der Waals surface area (Å²) in [5.74, 6) is -0.402. The van der Waals surface area contributed by atoms with Crippen molar-refractivity contribution in [2.24, 2.45) is 17.1 Å². The number of nitrogens with zero attached hydrogens (tertiary/aromatic N) is 1.